The summed E-state index contributed by atoms with van der Waals surface area (Å²) >= 11 is 1.25. The average Bonchev–Trinajstić information content (AvgIpc) is 3.07. The van der Waals surface area contributed by atoms with Gasteiger partial charge in [-0.1, -0.05) is 18.2 Å². The number of anilines is 2. The van der Waals surface area contributed by atoms with Crippen LogP contribution >= 0.6 is 11.3 Å². The molecule has 1 amide bonds. The van der Waals surface area contributed by atoms with E-state index in [0.29, 0.717) is 22.9 Å². The molecule has 0 spiro atoms. The van der Waals surface area contributed by atoms with E-state index in [4.69, 9.17) is 10.00 Å². The summed E-state index contributed by atoms with van der Waals surface area (Å²) in [6, 6.07) is 8.52. The number of para-hydroxylation sites is 1. The van der Waals surface area contributed by atoms with Crippen LogP contribution in [0.1, 0.15) is 16.1 Å². The number of esters is 1. The molecule has 0 bridgehead atoms. The third kappa shape index (κ3) is 4.66. The second kappa shape index (κ2) is 8.45. The summed E-state index contributed by atoms with van der Waals surface area (Å²) in [5, 5.41) is 16.5. The van der Waals surface area contributed by atoms with Gasteiger partial charge in [0.05, 0.1) is 11.3 Å². The Hall–Kier alpha value is -3.18. The lowest BCUT2D eigenvalue weighted by atomic mass is 10.2. The summed E-state index contributed by atoms with van der Waals surface area (Å²) in [4.78, 5) is 27.7. The zero-order valence-electron chi connectivity index (χ0n) is 12.6. The summed E-state index contributed by atoms with van der Waals surface area (Å²) in [6.45, 7) is 3.64. The zero-order chi connectivity index (χ0) is 17.4. The summed E-state index contributed by atoms with van der Waals surface area (Å²) in [7, 11) is 0. The Morgan fingerprint density at radius 2 is 2.21 bits per heavy atom. The number of nitrogens with zero attached hydrogens (tertiary/aromatic N) is 2. The van der Waals surface area contributed by atoms with Crippen LogP contribution in [-0.4, -0.2) is 30.0 Å². The maximum Gasteiger partial charge on any atom is 0.358 e. The molecule has 0 aliphatic carbocycles. The number of nitrogens with one attached hydrogen (secondary N) is 2. The Balaban J connectivity index is 1.87. The van der Waals surface area contributed by atoms with Crippen molar-refractivity contribution in [3.63, 3.8) is 0 Å². The molecule has 2 N–H and O–H groups in total. The second-order valence-electron chi connectivity index (χ2n) is 4.49. The molecule has 0 saturated heterocycles. The summed E-state index contributed by atoms with van der Waals surface area (Å²) < 4.78 is 4.92. The van der Waals surface area contributed by atoms with Gasteiger partial charge < -0.3 is 15.4 Å². The largest absolute Gasteiger partial charge is 0.451 e. The molecular weight excluding hydrogens is 328 g/mol. The molecule has 2 rings (SSSR count). The molecule has 0 radical (unpaired) electrons. The number of thiazole rings is 1. The van der Waals surface area contributed by atoms with E-state index >= 15 is 0 Å². The van der Waals surface area contributed by atoms with Gasteiger partial charge in [0.15, 0.2) is 17.4 Å². The Labute approximate surface area is 142 Å². The van der Waals surface area contributed by atoms with Crippen molar-refractivity contribution in [3.8, 4) is 6.07 Å². The average molecular weight is 342 g/mol. The van der Waals surface area contributed by atoms with Gasteiger partial charge in [0.2, 0.25) is 0 Å². The van der Waals surface area contributed by atoms with Gasteiger partial charge in [-0.05, 0) is 12.1 Å². The molecule has 24 heavy (non-hydrogen) atoms. The van der Waals surface area contributed by atoms with Crippen molar-refractivity contribution < 1.29 is 14.3 Å². The molecule has 0 aliphatic rings. The number of amides is 1. The minimum Gasteiger partial charge on any atom is -0.451 e. The highest BCUT2D eigenvalue weighted by atomic mass is 32.1. The highest BCUT2D eigenvalue weighted by Crippen LogP contribution is 2.16. The van der Waals surface area contributed by atoms with E-state index in [-0.39, 0.29) is 5.69 Å². The van der Waals surface area contributed by atoms with Crippen molar-refractivity contribution in [2.45, 2.75) is 0 Å². The molecule has 1 heterocycles. The summed E-state index contributed by atoms with van der Waals surface area (Å²) in [5.41, 5.74) is 0.817. The maximum absolute atomic E-state index is 11.9. The van der Waals surface area contributed by atoms with E-state index in [1.165, 1.54) is 16.7 Å². The number of rotatable bonds is 7. The van der Waals surface area contributed by atoms with E-state index in [9.17, 15) is 9.59 Å². The molecule has 0 fully saturated rings. The van der Waals surface area contributed by atoms with Gasteiger partial charge >= 0.3 is 5.97 Å². The van der Waals surface area contributed by atoms with E-state index in [2.05, 4.69) is 22.2 Å². The molecule has 8 heteroatoms. The van der Waals surface area contributed by atoms with E-state index in [1.807, 2.05) is 6.07 Å². The SMILES string of the molecule is C=CCNc1nc(C(=O)OCC(=O)Nc2ccccc2C#N)cs1. The second-order valence-corrected chi connectivity index (χ2v) is 5.35. The standard InChI is InChI=1S/C16H14N4O3S/c1-2-7-18-16-20-13(10-24-16)15(22)23-9-14(21)19-12-6-4-3-5-11(12)8-17/h2-6,10H,1,7,9H2,(H,18,20)(H,19,21). The number of benzene rings is 1. The fourth-order valence-electron chi connectivity index (χ4n) is 1.69. The molecule has 0 unspecified atom stereocenters. The Kier molecular flexibility index (Phi) is 6.05. The normalized spacial score (nSPS) is 9.62. The van der Waals surface area contributed by atoms with Gasteiger partial charge in [0, 0.05) is 11.9 Å². The third-order valence-electron chi connectivity index (χ3n) is 2.77. The number of nitriles is 1. The number of carbonyl (C=O) groups excluding carboxylic acids is 2. The van der Waals surface area contributed by atoms with Crippen LogP contribution in [0, 0.1) is 11.3 Å². The van der Waals surface area contributed by atoms with Crippen LogP contribution in [0.4, 0.5) is 10.8 Å². The van der Waals surface area contributed by atoms with Gasteiger partial charge in [-0.2, -0.15) is 5.26 Å². The van der Waals surface area contributed by atoms with Crippen LogP contribution in [0.25, 0.3) is 0 Å². The lowest BCUT2D eigenvalue weighted by molar-refractivity contribution is -0.119. The first kappa shape index (κ1) is 17.2. The van der Waals surface area contributed by atoms with Crippen LogP contribution in [0.3, 0.4) is 0 Å². The van der Waals surface area contributed by atoms with Gasteiger partial charge in [0.1, 0.15) is 6.07 Å². The van der Waals surface area contributed by atoms with Crippen LogP contribution in [0.2, 0.25) is 0 Å². The fourth-order valence-corrected chi connectivity index (χ4v) is 2.38. The van der Waals surface area contributed by atoms with Gasteiger partial charge in [0.25, 0.3) is 5.91 Å². The van der Waals surface area contributed by atoms with Crippen molar-refractivity contribution in [3.05, 3.63) is 53.6 Å². The monoisotopic (exact) mass is 342 g/mol. The van der Waals surface area contributed by atoms with Gasteiger partial charge in [-0.15, -0.1) is 17.9 Å². The topological polar surface area (TPSA) is 104 Å². The molecule has 7 nitrogen and oxygen atoms in total. The van der Waals surface area contributed by atoms with Crippen molar-refractivity contribution in [2.75, 3.05) is 23.8 Å². The molecule has 0 atom stereocenters. The smallest absolute Gasteiger partial charge is 0.358 e. The van der Waals surface area contributed by atoms with Crippen molar-refractivity contribution in [2.24, 2.45) is 0 Å². The van der Waals surface area contributed by atoms with Crippen LogP contribution in [0.15, 0.2) is 42.3 Å². The van der Waals surface area contributed by atoms with Crippen LogP contribution in [-0.2, 0) is 9.53 Å². The molecule has 1 aromatic heterocycles. The van der Waals surface area contributed by atoms with Gasteiger partial charge in [-0.25, -0.2) is 9.78 Å². The lowest BCUT2D eigenvalue weighted by Crippen LogP contribution is -2.21. The number of ether oxygens (including phenoxy) is 1. The zero-order valence-corrected chi connectivity index (χ0v) is 13.4. The molecule has 2 aromatic rings. The van der Waals surface area contributed by atoms with Crippen molar-refractivity contribution in [1.29, 1.82) is 5.26 Å². The Bertz CT molecular complexity index is 795. The minimum atomic E-state index is -0.693. The van der Waals surface area contributed by atoms with Crippen molar-refractivity contribution in [1.82, 2.24) is 4.98 Å². The van der Waals surface area contributed by atoms with Crippen molar-refractivity contribution >= 4 is 34.0 Å². The summed E-state index contributed by atoms with van der Waals surface area (Å²) in [6.07, 6.45) is 1.67. The molecule has 1 aromatic carbocycles. The Morgan fingerprint density at radius 1 is 1.42 bits per heavy atom. The molecule has 0 aliphatic heterocycles. The maximum atomic E-state index is 11.9. The number of hydrogen-bond acceptors (Lipinski definition) is 7. The number of carbonyl (C=O) groups is 2. The molecular formula is C16H14N4O3S. The van der Waals surface area contributed by atoms with E-state index < -0.39 is 18.5 Å². The van der Waals surface area contributed by atoms with Gasteiger partial charge in [-0.3, -0.25) is 4.79 Å². The number of hydrogen-bond donors (Lipinski definition) is 2. The fraction of sp³-hybridized carbons (Fsp3) is 0.125. The predicted octanol–water partition coefficient (Wildman–Crippen LogP) is 2.41. The van der Waals surface area contributed by atoms with Crippen LogP contribution < -0.4 is 10.6 Å². The van der Waals surface area contributed by atoms with E-state index in [1.54, 1.807) is 30.3 Å². The highest BCUT2D eigenvalue weighted by molar-refractivity contribution is 7.13. The van der Waals surface area contributed by atoms with E-state index in [0.717, 1.165) is 0 Å². The Morgan fingerprint density at radius 3 is 2.96 bits per heavy atom. The lowest BCUT2D eigenvalue weighted by Gasteiger charge is -2.07. The minimum absolute atomic E-state index is 0.122. The quantitative estimate of drug-likeness (QED) is 0.591. The predicted molar refractivity (Wildman–Crippen MR) is 90.9 cm³/mol. The summed E-state index contributed by atoms with van der Waals surface area (Å²) in [5.74, 6) is -1.23. The molecule has 122 valence electrons. The highest BCUT2D eigenvalue weighted by Gasteiger charge is 2.14. The van der Waals surface area contributed by atoms with Crippen LogP contribution in [0.5, 0.6) is 0 Å². The first-order valence-electron chi connectivity index (χ1n) is 6.90. The third-order valence-corrected chi connectivity index (χ3v) is 3.57. The number of aromatic nitrogens is 1. The first-order valence-corrected chi connectivity index (χ1v) is 7.78. The molecule has 0 saturated carbocycles. The first-order chi connectivity index (χ1) is 11.6.